The van der Waals surface area contributed by atoms with Gasteiger partial charge in [0, 0.05) is 17.6 Å². The zero-order valence-corrected chi connectivity index (χ0v) is 11.3. The van der Waals surface area contributed by atoms with Gasteiger partial charge in [0.15, 0.2) is 0 Å². The molecular weight excluding hydrogens is 284 g/mol. The maximum absolute atomic E-state index is 11.7. The number of ether oxygens (including phenoxy) is 2. The number of carbonyl (C=O) groups is 1. The average molecular weight is 297 g/mol. The Kier molecular flexibility index (Phi) is 3.52. The van der Waals surface area contributed by atoms with Crippen molar-refractivity contribution in [1.82, 2.24) is 0 Å². The molecular formula is C13H13BrO3. The summed E-state index contributed by atoms with van der Waals surface area (Å²) in [6.45, 7) is 2.20. The van der Waals surface area contributed by atoms with Crippen LogP contribution in [-0.4, -0.2) is 19.7 Å². The lowest BCUT2D eigenvalue weighted by molar-refractivity contribution is -0.138. The quantitative estimate of drug-likeness (QED) is 0.805. The maximum Gasteiger partial charge on any atom is 0.334 e. The van der Waals surface area contributed by atoms with E-state index in [1.54, 1.807) is 14.0 Å². The highest BCUT2D eigenvalue weighted by Crippen LogP contribution is 2.38. The van der Waals surface area contributed by atoms with E-state index in [0.29, 0.717) is 18.6 Å². The first-order valence-electron chi connectivity index (χ1n) is 5.40. The predicted molar refractivity (Wildman–Crippen MR) is 69.0 cm³/mol. The van der Waals surface area contributed by atoms with Gasteiger partial charge in [-0.05, 0) is 40.6 Å². The third-order valence-electron chi connectivity index (χ3n) is 2.68. The second-order valence-corrected chi connectivity index (χ2v) is 4.57. The van der Waals surface area contributed by atoms with Gasteiger partial charge in [-0.25, -0.2) is 4.79 Å². The standard InChI is InChI=1S/C13H13BrO3/c1-3-17-13(15)9-6-8-4-5-11(14)12(16-2)10(8)7-9/h4-5,7H,3,6H2,1-2H3. The number of methoxy groups -OCH3 is 1. The third-order valence-corrected chi connectivity index (χ3v) is 3.30. The molecule has 1 aliphatic rings. The van der Waals surface area contributed by atoms with E-state index in [-0.39, 0.29) is 5.97 Å². The van der Waals surface area contributed by atoms with Gasteiger partial charge in [-0.3, -0.25) is 0 Å². The molecule has 1 aliphatic carbocycles. The molecule has 0 fully saturated rings. The number of hydrogen-bond acceptors (Lipinski definition) is 3. The molecule has 0 unspecified atom stereocenters. The van der Waals surface area contributed by atoms with Gasteiger partial charge in [0.1, 0.15) is 5.75 Å². The zero-order valence-electron chi connectivity index (χ0n) is 9.75. The van der Waals surface area contributed by atoms with Gasteiger partial charge in [0.25, 0.3) is 0 Å². The molecule has 0 bridgehead atoms. The van der Waals surface area contributed by atoms with Crippen LogP contribution in [0, 0.1) is 0 Å². The van der Waals surface area contributed by atoms with E-state index in [1.807, 2.05) is 18.2 Å². The van der Waals surface area contributed by atoms with Gasteiger partial charge in [0.2, 0.25) is 0 Å². The summed E-state index contributed by atoms with van der Waals surface area (Å²) in [4.78, 5) is 11.7. The van der Waals surface area contributed by atoms with E-state index in [2.05, 4.69) is 15.9 Å². The van der Waals surface area contributed by atoms with Crippen molar-refractivity contribution >= 4 is 28.0 Å². The normalized spacial score (nSPS) is 13.0. The fourth-order valence-corrected chi connectivity index (χ4v) is 2.43. The summed E-state index contributed by atoms with van der Waals surface area (Å²) in [5.41, 5.74) is 2.73. The largest absolute Gasteiger partial charge is 0.495 e. The van der Waals surface area contributed by atoms with E-state index in [0.717, 1.165) is 21.3 Å². The number of carbonyl (C=O) groups excluding carboxylic acids is 1. The highest BCUT2D eigenvalue weighted by atomic mass is 79.9. The summed E-state index contributed by atoms with van der Waals surface area (Å²) >= 11 is 3.43. The van der Waals surface area contributed by atoms with Gasteiger partial charge < -0.3 is 9.47 Å². The maximum atomic E-state index is 11.7. The van der Waals surface area contributed by atoms with Crippen LogP contribution >= 0.6 is 15.9 Å². The molecule has 4 heteroatoms. The van der Waals surface area contributed by atoms with Crippen molar-refractivity contribution in [2.24, 2.45) is 0 Å². The zero-order chi connectivity index (χ0) is 12.4. The molecule has 90 valence electrons. The molecule has 0 spiro atoms. The molecule has 0 heterocycles. The summed E-state index contributed by atoms with van der Waals surface area (Å²) in [6.07, 6.45) is 2.45. The highest BCUT2D eigenvalue weighted by molar-refractivity contribution is 9.10. The van der Waals surface area contributed by atoms with E-state index < -0.39 is 0 Å². The summed E-state index contributed by atoms with van der Waals surface area (Å²) < 4.78 is 11.2. The van der Waals surface area contributed by atoms with Crippen molar-refractivity contribution < 1.29 is 14.3 Å². The molecule has 17 heavy (non-hydrogen) atoms. The Morgan fingerprint density at radius 3 is 2.88 bits per heavy atom. The Labute approximate surface area is 109 Å². The Hall–Kier alpha value is -1.29. The molecule has 0 amide bonds. The summed E-state index contributed by atoms with van der Waals surface area (Å²) in [6, 6.07) is 3.92. The van der Waals surface area contributed by atoms with Crippen LogP contribution in [0.2, 0.25) is 0 Å². The number of hydrogen-bond donors (Lipinski definition) is 0. The fraction of sp³-hybridized carbons (Fsp3) is 0.308. The van der Waals surface area contributed by atoms with E-state index in [1.165, 1.54) is 0 Å². The van der Waals surface area contributed by atoms with Crippen molar-refractivity contribution in [3.8, 4) is 5.75 Å². The van der Waals surface area contributed by atoms with Crippen molar-refractivity contribution in [2.75, 3.05) is 13.7 Å². The Morgan fingerprint density at radius 2 is 2.24 bits per heavy atom. The Bertz CT molecular complexity index is 492. The van der Waals surface area contributed by atoms with Crippen LogP contribution < -0.4 is 4.74 Å². The van der Waals surface area contributed by atoms with Gasteiger partial charge in [0.05, 0.1) is 18.2 Å². The first-order valence-corrected chi connectivity index (χ1v) is 6.19. The minimum atomic E-state index is -0.248. The van der Waals surface area contributed by atoms with Crippen LogP contribution in [0.4, 0.5) is 0 Å². The van der Waals surface area contributed by atoms with Crippen molar-refractivity contribution in [1.29, 1.82) is 0 Å². The molecule has 0 aromatic heterocycles. The first-order chi connectivity index (χ1) is 8.17. The van der Waals surface area contributed by atoms with Crippen molar-refractivity contribution in [3.63, 3.8) is 0 Å². The Morgan fingerprint density at radius 1 is 1.47 bits per heavy atom. The number of rotatable bonds is 3. The number of esters is 1. The fourth-order valence-electron chi connectivity index (χ4n) is 1.92. The number of halogens is 1. The number of fused-ring (bicyclic) bond motifs is 1. The molecule has 3 nitrogen and oxygen atoms in total. The average Bonchev–Trinajstić information content (AvgIpc) is 2.73. The minimum Gasteiger partial charge on any atom is -0.495 e. The SMILES string of the molecule is CCOC(=O)C1=Cc2c(ccc(Br)c2OC)C1. The van der Waals surface area contributed by atoms with Crippen LogP contribution in [0.15, 0.2) is 22.2 Å². The topological polar surface area (TPSA) is 35.5 Å². The second kappa shape index (κ2) is 4.92. The van der Waals surface area contributed by atoms with Crippen LogP contribution in [0.25, 0.3) is 6.08 Å². The molecule has 2 rings (SSSR count). The highest BCUT2D eigenvalue weighted by Gasteiger charge is 2.23. The van der Waals surface area contributed by atoms with E-state index in [9.17, 15) is 4.79 Å². The Balaban J connectivity index is 2.36. The summed E-state index contributed by atoms with van der Waals surface area (Å²) in [7, 11) is 1.62. The lowest BCUT2D eigenvalue weighted by Gasteiger charge is -2.07. The molecule has 1 aromatic carbocycles. The second-order valence-electron chi connectivity index (χ2n) is 3.72. The summed E-state index contributed by atoms with van der Waals surface area (Å²) in [5.74, 6) is 0.517. The van der Waals surface area contributed by atoms with Crippen molar-refractivity contribution in [2.45, 2.75) is 13.3 Å². The lowest BCUT2D eigenvalue weighted by Crippen LogP contribution is -2.07. The van der Waals surface area contributed by atoms with Crippen LogP contribution in [0.1, 0.15) is 18.1 Å². The van der Waals surface area contributed by atoms with Gasteiger partial charge in [-0.15, -0.1) is 0 Å². The molecule has 0 saturated carbocycles. The van der Waals surface area contributed by atoms with Crippen LogP contribution in [-0.2, 0) is 16.0 Å². The van der Waals surface area contributed by atoms with Crippen LogP contribution in [0.3, 0.4) is 0 Å². The molecule has 1 aromatic rings. The molecule has 0 saturated heterocycles. The number of benzene rings is 1. The molecule has 0 radical (unpaired) electrons. The molecule has 0 atom stereocenters. The molecule has 0 N–H and O–H groups in total. The van der Waals surface area contributed by atoms with Gasteiger partial charge in [-0.2, -0.15) is 0 Å². The predicted octanol–water partition coefficient (Wildman–Crippen LogP) is 2.96. The summed E-state index contributed by atoms with van der Waals surface area (Å²) in [5, 5.41) is 0. The third kappa shape index (κ3) is 2.22. The first kappa shape index (κ1) is 12.2. The lowest BCUT2D eigenvalue weighted by atomic mass is 10.1. The van der Waals surface area contributed by atoms with E-state index in [4.69, 9.17) is 9.47 Å². The smallest absolute Gasteiger partial charge is 0.334 e. The minimum absolute atomic E-state index is 0.248. The monoisotopic (exact) mass is 296 g/mol. The van der Waals surface area contributed by atoms with Crippen LogP contribution in [0.5, 0.6) is 5.75 Å². The van der Waals surface area contributed by atoms with Gasteiger partial charge >= 0.3 is 5.97 Å². The van der Waals surface area contributed by atoms with Crippen molar-refractivity contribution in [3.05, 3.63) is 33.3 Å². The molecule has 0 aliphatic heterocycles. The van der Waals surface area contributed by atoms with E-state index >= 15 is 0 Å². The van der Waals surface area contributed by atoms with Gasteiger partial charge in [-0.1, -0.05) is 6.07 Å².